The predicted octanol–water partition coefficient (Wildman–Crippen LogP) is 2.48. The Morgan fingerprint density at radius 2 is 1.90 bits per heavy atom. The number of hydrogen-bond donors (Lipinski definition) is 1. The summed E-state index contributed by atoms with van der Waals surface area (Å²) in [4.78, 5) is 18.4. The van der Waals surface area contributed by atoms with Crippen molar-refractivity contribution < 1.29 is 17.9 Å². The van der Waals surface area contributed by atoms with Gasteiger partial charge in [-0.3, -0.25) is 9.78 Å². The molecule has 0 unspecified atom stereocenters. The van der Waals surface area contributed by atoms with Crippen molar-refractivity contribution in [3.05, 3.63) is 53.9 Å². The van der Waals surface area contributed by atoms with E-state index in [2.05, 4.69) is 9.71 Å². The monoisotopic (exact) mass is 417 g/mol. The fraction of sp³-hybridized carbons (Fsp3) is 0.429. The van der Waals surface area contributed by atoms with Crippen molar-refractivity contribution in [1.29, 1.82) is 0 Å². The number of likely N-dealkylation sites (tertiary alicyclic amines) is 1. The Bertz CT molecular complexity index is 940. The summed E-state index contributed by atoms with van der Waals surface area (Å²) in [5.74, 6) is 0.520. The third-order valence-electron chi connectivity index (χ3n) is 5.32. The quantitative estimate of drug-likeness (QED) is 0.748. The van der Waals surface area contributed by atoms with Crippen molar-refractivity contribution in [2.24, 2.45) is 5.92 Å². The molecule has 0 atom stereocenters. The van der Waals surface area contributed by atoms with Crippen molar-refractivity contribution in [2.45, 2.75) is 31.1 Å². The SMILES string of the molecule is CCc1ccc(OC)c(S(=O)(=O)NCC2CCN(C(=O)c3ccncc3)CC2)c1. The van der Waals surface area contributed by atoms with E-state index in [1.165, 1.54) is 7.11 Å². The largest absolute Gasteiger partial charge is 0.495 e. The number of sulfonamides is 1. The molecule has 8 heteroatoms. The van der Waals surface area contributed by atoms with Crippen molar-refractivity contribution in [2.75, 3.05) is 26.7 Å². The number of piperidine rings is 1. The van der Waals surface area contributed by atoms with Crippen LogP contribution in [0, 0.1) is 5.92 Å². The van der Waals surface area contributed by atoms with Crippen LogP contribution in [0.5, 0.6) is 5.75 Å². The van der Waals surface area contributed by atoms with Gasteiger partial charge in [0.1, 0.15) is 10.6 Å². The normalized spacial score (nSPS) is 15.3. The molecular weight excluding hydrogens is 390 g/mol. The van der Waals surface area contributed by atoms with Gasteiger partial charge in [0.05, 0.1) is 7.11 Å². The molecule has 0 saturated carbocycles. The number of carbonyl (C=O) groups excluding carboxylic acids is 1. The molecule has 0 radical (unpaired) electrons. The Kier molecular flexibility index (Phi) is 6.87. The number of aromatic nitrogens is 1. The third-order valence-corrected chi connectivity index (χ3v) is 6.76. The molecule has 1 aromatic heterocycles. The molecule has 0 bridgehead atoms. The summed E-state index contributed by atoms with van der Waals surface area (Å²) in [7, 11) is -2.20. The second kappa shape index (κ2) is 9.37. The number of benzene rings is 1. The molecule has 156 valence electrons. The number of pyridine rings is 1. The van der Waals surface area contributed by atoms with Gasteiger partial charge in [-0.25, -0.2) is 13.1 Å². The first-order valence-electron chi connectivity index (χ1n) is 9.80. The summed E-state index contributed by atoms with van der Waals surface area (Å²) >= 11 is 0. The number of nitrogens with one attached hydrogen (secondary N) is 1. The lowest BCUT2D eigenvalue weighted by atomic mass is 9.97. The molecule has 29 heavy (non-hydrogen) atoms. The summed E-state index contributed by atoms with van der Waals surface area (Å²) in [6.45, 7) is 3.55. The first kappa shape index (κ1) is 21.3. The van der Waals surface area contributed by atoms with Gasteiger partial charge in [-0.05, 0) is 55.0 Å². The molecule has 1 aliphatic heterocycles. The Morgan fingerprint density at radius 1 is 1.21 bits per heavy atom. The van der Waals surface area contributed by atoms with E-state index in [1.807, 2.05) is 17.9 Å². The fourth-order valence-corrected chi connectivity index (χ4v) is 4.81. The number of rotatable bonds is 7. The molecular formula is C21H27N3O4S. The molecule has 1 fully saturated rings. The Balaban J connectivity index is 1.58. The molecule has 1 saturated heterocycles. The summed E-state index contributed by atoms with van der Waals surface area (Å²) in [5.41, 5.74) is 1.57. The molecule has 1 amide bonds. The summed E-state index contributed by atoms with van der Waals surface area (Å²) in [6.07, 6.45) is 5.47. The van der Waals surface area contributed by atoms with E-state index in [0.29, 0.717) is 30.9 Å². The highest BCUT2D eigenvalue weighted by Crippen LogP contribution is 2.26. The minimum atomic E-state index is -3.67. The highest BCUT2D eigenvalue weighted by atomic mass is 32.2. The Hall–Kier alpha value is -2.45. The lowest BCUT2D eigenvalue weighted by molar-refractivity contribution is 0.0692. The van der Waals surface area contributed by atoms with Crippen LogP contribution < -0.4 is 9.46 Å². The molecule has 2 aromatic rings. The number of ether oxygens (including phenoxy) is 1. The van der Waals surface area contributed by atoms with Crippen LogP contribution in [0.15, 0.2) is 47.6 Å². The van der Waals surface area contributed by atoms with Crippen LogP contribution in [0.3, 0.4) is 0 Å². The van der Waals surface area contributed by atoms with Gasteiger partial charge in [0.15, 0.2) is 0 Å². The molecule has 1 N–H and O–H groups in total. The molecule has 1 aromatic carbocycles. The van der Waals surface area contributed by atoms with E-state index in [9.17, 15) is 13.2 Å². The average Bonchev–Trinajstić information content (AvgIpc) is 2.77. The number of aryl methyl sites for hydroxylation is 1. The minimum absolute atomic E-state index is 0.00690. The van der Waals surface area contributed by atoms with Gasteiger partial charge < -0.3 is 9.64 Å². The summed E-state index contributed by atoms with van der Waals surface area (Å²) < 4.78 is 33.6. The first-order chi connectivity index (χ1) is 13.9. The molecule has 1 aliphatic rings. The van der Waals surface area contributed by atoms with E-state index < -0.39 is 10.0 Å². The van der Waals surface area contributed by atoms with Gasteiger partial charge >= 0.3 is 0 Å². The second-order valence-electron chi connectivity index (χ2n) is 7.16. The van der Waals surface area contributed by atoms with Crippen LogP contribution >= 0.6 is 0 Å². The average molecular weight is 418 g/mol. The van der Waals surface area contributed by atoms with Gasteiger partial charge in [-0.2, -0.15) is 0 Å². The smallest absolute Gasteiger partial charge is 0.253 e. The molecule has 0 spiro atoms. The number of amides is 1. The maximum atomic E-state index is 12.8. The molecule has 3 rings (SSSR count). The third kappa shape index (κ3) is 5.13. The molecule has 7 nitrogen and oxygen atoms in total. The maximum Gasteiger partial charge on any atom is 0.253 e. The first-order valence-corrected chi connectivity index (χ1v) is 11.3. The number of carbonyl (C=O) groups is 1. The highest BCUT2D eigenvalue weighted by Gasteiger charge is 2.26. The van der Waals surface area contributed by atoms with Crippen molar-refractivity contribution in [1.82, 2.24) is 14.6 Å². The van der Waals surface area contributed by atoms with Gasteiger partial charge in [0, 0.05) is 37.6 Å². The standard InChI is InChI=1S/C21H27N3O4S/c1-3-16-4-5-19(28-2)20(14-16)29(26,27)23-15-17-8-12-24(13-9-17)21(25)18-6-10-22-11-7-18/h4-7,10-11,14,17,23H,3,8-9,12-13,15H2,1-2H3. The Labute approximate surface area is 172 Å². The van der Waals surface area contributed by atoms with Crippen LogP contribution in [-0.2, 0) is 16.4 Å². The summed E-state index contributed by atoms with van der Waals surface area (Å²) in [6, 6.07) is 8.64. The highest BCUT2D eigenvalue weighted by molar-refractivity contribution is 7.89. The van der Waals surface area contributed by atoms with Crippen LogP contribution in [0.25, 0.3) is 0 Å². The van der Waals surface area contributed by atoms with Crippen molar-refractivity contribution >= 4 is 15.9 Å². The van der Waals surface area contributed by atoms with Gasteiger partial charge in [0.25, 0.3) is 5.91 Å². The van der Waals surface area contributed by atoms with E-state index in [-0.39, 0.29) is 16.7 Å². The van der Waals surface area contributed by atoms with E-state index in [0.717, 1.165) is 24.8 Å². The number of nitrogens with zero attached hydrogens (tertiary/aromatic N) is 2. The second-order valence-corrected chi connectivity index (χ2v) is 8.90. The van der Waals surface area contributed by atoms with Crippen molar-refractivity contribution in [3.63, 3.8) is 0 Å². The zero-order valence-corrected chi connectivity index (χ0v) is 17.6. The van der Waals surface area contributed by atoms with Crippen molar-refractivity contribution in [3.8, 4) is 5.75 Å². The van der Waals surface area contributed by atoms with Crippen LogP contribution in [-0.4, -0.2) is 51.0 Å². The lowest BCUT2D eigenvalue weighted by Gasteiger charge is -2.32. The fourth-order valence-electron chi connectivity index (χ4n) is 3.47. The topological polar surface area (TPSA) is 88.6 Å². The number of hydrogen-bond acceptors (Lipinski definition) is 5. The number of methoxy groups -OCH3 is 1. The lowest BCUT2D eigenvalue weighted by Crippen LogP contribution is -2.41. The van der Waals surface area contributed by atoms with Crippen LogP contribution in [0.2, 0.25) is 0 Å². The predicted molar refractivity (Wildman–Crippen MR) is 110 cm³/mol. The van der Waals surface area contributed by atoms with E-state index >= 15 is 0 Å². The summed E-state index contributed by atoms with van der Waals surface area (Å²) in [5, 5.41) is 0. The van der Waals surface area contributed by atoms with Gasteiger partial charge in [-0.1, -0.05) is 13.0 Å². The van der Waals surface area contributed by atoms with Crippen LogP contribution in [0.1, 0.15) is 35.7 Å². The minimum Gasteiger partial charge on any atom is -0.495 e. The Morgan fingerprint density at radius 3 is 2.52 bits per heavy atom. The molecule has 2 heterocycles. The maximum absolute atomic E-state index is 12.8. The zero-order chi connectivity index (χ0) is 20.9. The zero-order valence-electron chi connectivity index (χ0n) is 16.8. The van der Waals surface area contributed by atoms with E-state index in [4.69, 9.17) is 4.74 Å². The van der Waals surface area contributed by atoms with Gasteiger partial charge in [-0.15, -0.1) is 0 Å². The van der Waals surface area contributed by atoms with Crippen LogP contribution in [0.4, 0.5) is 0 Å². The van der Waals surface area contributed by atoms with E-state index in [1.54, 1.807) is 36.7 Å². The van der Waals surface area contributed by atoms with Gasteiger partial charge in [0.2, 0.25) is 10.0 Å². The molecule has 0 aliphatic carbocycles.